The van der Waals surface area contributed by atoms with Crippen LogP contribution in [0.1, 0.15) is 36.4 Å². The van der Waals surface area contributed by atoms with Crippen LogP contribution in [-0.4, -0.2) is 43.6 Å². The average Bonchev–Trinajstić information content (AvgIpc) is 3.18. The lowest BCUT2D eigenvalue weighted by molar-refractivity contribution is -0.133. The van der Waals surface area contributed by atoms with E-state index < -0.39 is 0 Å². The number of aromatic nitrogens is 4. The van der Waals surface area contributed by atoms with Gasteiger partial charge in [-0.1, -0.05) is 6.92 Å². The number of hydrogen-bond acceptors (Lipinski definition) is 5. The van der Waals surface area contributed by atoms with Gasteiger partial charge in [0.25, 0.3) is 0 Å². The van der Waals surface area contributed by atoms with Crippen molar-refractivity contribution >= 4 is 17.2 Å². The largest absolute Gasteiger partial charge is 0.340 e. The number of aryl methyl sites for hydroxylation is 1. The minimum Gasteiger partial charge on any atom is -0.340 e. The molecule has 112 valence electrons. The molecule has 1 aliphatic rings. The van der Waals surface area contributed by atoms with Crippen LogP contribution in [0, 0.1) is 0 Å². The molecule has 0 aliphatic carbocycles. The van der Waals surface area contributed by atoms with E-state index >= 15 is 0 Å². The van der Waals surface area contributed by atoms with Gasteiger partial charge in [0.2, 0.25) is 5.91 Å². The molecule has 0 aromatic carbocycles. The van der Waals surface area contributed by atoms with E-state index in [1.54, 1.807) is 22.3 Å². The summed E-state index contributed by atoms with van der Waals surface area (Å²) in [4.78, 5) is 22.8. The van der Waals surface area contributed by atoms with E-state index in [0.717, 1.165) is 38.0 Å². The summed E-state index contributed by atoms with van der Waals surface area (Å²) in [5, 5.41) is 7.29. The van der Waals surface area contributed by atoms with E-state index in [4.69, 9.17) is 0 Å². The van der Waals surface area contributed by atoms with Crippen LogP contribution in [0.4, 0.5) is 0 Å². The van der Waals surface area contributed by atoms with Gasteiger partial charge < -0.3 is 4.90 Å². The number of piperidine rings is 1. The van der Waals surface area contributed by atoms with Gasteiger partial charge in [-0.2, -0.15) is 5.10 Å². The minimum absolute atomic E-state index is 0.109. The van der Waals surface area contributed by atoms with Crippen LogP contribution < -0.4 is 0 Å². The monoisotopic (exact) mass is 305 g/mol. The molecule has 0 saturated carbocycles. The third-order valence-corrected chi connectivity index (χ3v) is 4.87. The molecule has 1 unspecified atom stereocenters. The molecule has 7 heteroatoms. The molecule has 2 aromatic rings. The Kier molecular flexibility index (Phi) is 4.28. The lowest BCUT2D eigenvalue weighted by Crippen LogP contribution is -2.40. The standard InChI is InChI=1S/C14H19N5OS/c1-2-12-8-21-14(17-12)11-4-3-5-18(6-11)13(20)7-19-10-15-9-16-19/h8-11H,2-7H2,1H3. The van der Waals surface area contributed by atoms with Crippen molar-refractivity contribution in [2.24, 2.45) is 0 Å². The summed E-state index contributed by atoms with van der Waals surface area (Å²) in [5.74, 6) is 0.487. The Morgan fingerprint density at radius 2 is 2.43 bits per heavy atom. The number of carbonyl (C=O) groups is 1. The van der Waals surface area contributed by atoms with Crippen molar-refractivity contribution in [3.63, 3.8) is 0 Å². The minimum atomic E-state index is 0.109. The maximum atomic E-state index is 12.3. The number of rotatable bonds is 4. The third-order valence-electron chi connectivity index (χ3n) is 3.82. The topological polar surface area (TPSA) is 63.9 Å². The number of likely N-dealkylation sites (tertiary alicyclic amines) is 1. The summed E-state index contributed by atoms with van der Waals surface area (Å²) in [7, 11) is 0. The summed E-state index contributed by atoms with van der Waals surface area (Å²) in [6.45, 7) is 3.98. The van der Waals surface area contributed by atoms with Crippen molar-refractivity contribution in [3.8, 4) is 0 Å². The van der Waals surface area contributed by atoms with Crippen LogP contribution >= 0.6 is 11.3 Å². The van der Waals surface area contributed by atoms with Crippen LogP contribution in [0.15, 0.2) is 18.0 Å². The van der Waals surface area contributed by atoms with Gasteiger partial charge in [-0.3, -0.25) is 4.79 Å². The summed E-state index contributed by atoms with van der Waals surface area (Å²) >= 11 is 1.72. The van der Waals surface area contributed by atoms with Crippen LogP contribution in [-0.2, 0) is 17.8 Å². The van der Waals surface area contributed by atoms with Crippen molar-refractivity contribution in [3.05, 3.63) is 28.7 Å². The average molecular weight is 305 g/mol. The summed E-state index contributed by atoms with van der Waals surface area (Å²) < 4.78 is 1.57. The molecule has 0 bridgehead atoms. The molecule has 1 atom stereocenters. The Morgan fingerprint density at radius 1 is 1.52 bits per heavy atom. The second kappa shape index (κ2) is 6.34. The van der Waals surface area contributed by atoms with Crippen molar-refractivity contribution in [1.29, 1.82) is 0 Å². The first kappa shape index (κ1) is 14.2. The summed E-state index contributed by atoms with van der Waals surface area (Å²) in [6, 6.07) is 0. The molecule has 0 radical (unpaired) electrons. The molecule has 0 spiro atoms. The predicted molar refractivity (Wildman–Crippen MR) is 80.1 cm³/mol. The first-order valence-corrected chi connectivity index (χ1v) is 8.18. The summed E-state index contributed by atoms with van der Waals surface area (Å²) in [6.07, 6.45) is 6.15. The van der Waals surface area contributed by atoms with E-state index in [-0.39, 0.29) is 12.5 Å². The van der Waals surface area contributed by atoms with E-state index in [2.05, 4.69) is 27.4 Å². The highest BCUT2D eigenvalue weighted by molar-refractivity contribution is 7.09. The second-order valence-corrected chi connectivity index (χ2v) is 6.19. The van der Waals surface area contributed by atoms with Crippen LogP contribution in [0.5, 0.6) is 0 Å². The number of hydrogen-bond donors (Lipinski definition) is 0. The Labute approximate surface area is 127 Å². The number of nitrogens with zero attached hydrogens (tertiary/aromatic N) is 5. The van der Waals surface area contributed by atoms with E-state index in [9.17, 15) is 4.79 Å². The molecular formula is C14H19N5OS. The maximum absolute atomic E-state index is 12.3. The lowest BCUT2D eigenvalue weighted by atomic mass is 9.98. The maximum Gasteiger partial charge on any atom is 0.244 e. The normalized spacial score (nSPS) is 18.9. The highest BCUT2D eigenvalue weighted by Crippen LogP contribution is 2.29. The molecule has 21 heavy (non-hydrogen) atoms. The third kappa shape index (κ3) is 3.29. The molecule has 1 saturated heterocycles. The second-order valence-electron chi connectivity index (χ2n) is 5.30. The molecule has 2 aromatic heterocycles. The van der Waals surface area contributed by atoms with Gasteiger partial charge in [0, 0.05) is 24.4 Å². The molecule has 3 heterocycles. The zero-order valence-corrected chi connectivity index (χ0v) is 12.9. The van der Waals surface area contributed by atoms with Crippen LogP contribution in [0.2, 0.25) is 0 Å². The van der Waals surface area contributed by atoms with Crippen molar-refractivity contribution in [2.75, 3.05) is 13.1 Å². The van der Waals surface area contributed by atoms with E-state index in [1.165, 1.54) is 11.3 Å². The highest BCUT2D eigenvalue weighted by Gasteiger charge is 2.26. The Morgan fingerprint density at radius 3 is 3.14 bits per heavy atom. The predicted octanol–water partition coefficient (Wildman–Crippen LogP) is 1.70. The lowest BCUT2D eigenvalue weighted by Gasteiger charge is -2.31. The molecule has 6 nitrogen and oxygen atoms in total. The fourth-order valence-corrected chi connectivity index (χ4v) is 3.66. The number of thiazole rings is 1. The molecule has 1 amide bonds. The SMILES string of the molecule is CCc1csc(C2CCCN(C(=O)Cn3cncn3)C2)n1. The first-order chi connectivity index (χ1) is 10.3. The fraction of sp³-hybridized carbons (Fsp3) is 0.571. The highest BCUT2D eigenvalue weighted by atomic mass is 32.1. The van der Waals surface area contributed by atoms with Crippen molar-refractivity contribution in [1.82, 2.24) is 24.6 Å². The molecule has 3 rings (SSSR count). The van der Waals surface area contributed by atoms with Crippen molar-refractivity contribution < 1.29 is 4.79 Å². The first-order valence-electron chi connectivity index (χ1n) is 7.30. The van der Waals surface area contributed by atoms with Gasteiger partial charge in [-0.25, -0.2) is 14.6 Å². The van der Waals surface area contributed by atoms with E-state index in [0.29, 0.717) is 5.92 Å². The zero-order valence-electron chi connectivity index (χ0n) is 12.1. The van der Waals surface area contributed by atoms with Gasteiger partial charge in [-0.05, 0) is 19.3 Å². The molecule has 1 aliphatic heterocycles. The summed E-state index contributed by atoms with van der Waals surface area (Å²) in [5.41, 5.74) is 1.15. The zero-order chi connectivity index (χ0) is 14.7. The Hall–Kier alpha value is -1.76. The van der Waals surface area contributed by atoms with Gasteiger partial charge >= 0.3 is 0 Å². The van der Waals surface area contributed by atoms with Gasteiger partial charge in [0.1, 0.15) is 19.2 Å². The van der Waals surface area contributed by atoms with Gasteiger partial charge in [0.15, 0.2) is 0 Å². The number of amides is 1. The number of carbonyl (C=O) groups excluding carboxylic acids is 1. The van der Waals surface area contributed by atoms with Crippen LogP contribution in [0.25, 0.3) is 0 Å². The van der Waals surface area contributed by atoms with E-state index in [1.807, 2.05) is 4.90 Å². The molecule has 0 N–H and O–H groups in total. The van der Waals surface area contributed by atoms with Crippen LogP contribution in [0.3, 0.4) is 0 Å². The van der Waals surface area contributed by atoms with Gasteiger partial charge in [0.05, 0.1) is 10.7 Å². The van der Waals surface area contributed by atoms with Crippen molar-refractivity contribution in [2.45, 2.75) is 38.6 Å². The molecular weight excluding hydrogens is 286 g/mol. The quantitative estimate of drug-likeness (QED) is 0.862. The Balaban J connectivity index is 1.63. The fourth-order valence-electron chi connectivity index (χ4n) is 2.63. The smallest absolute Gasteiger partial charge is 0.244 e. The Bertz CT molecular complexity index is 594. The van der Waals surface area contributed by atoms with Gasteiger partial charge in [-0.15, -0.1) is 11.3 Å². The molecule has 1 fully saturated rings.